The molecule has 0 radical (unpaired) electrons. The highest BCUT2D eigenvalue weighted by atomic mass is 32.2. The quantitative estimate of drug-likeness (QED) is 0.798. The van der Waals surface area contributed by atoms with Crippen LogP contribution in [0.25, 0.3) is 0 Å². The molecule has 0 amide bonds. The van der Waals surface area contributed by atoms with E-state index in [1.165, 1.54) is 32.1 Å². The SMILES string of the molecule is Cc1ccc(S(=O)(=O)N2C[C@H]2C2CCCCC2)cc1. The Bertz CT molecular complexity index is 544. The molecule has 1 saturated heterocycles. The molecule has 1 saturated carbocycles. The second-order valence-corrected chi connectivity index (χ2v) is 7.74. The second-order valence-electron chi connectivity index (χ2n) is 5.85. The van der Waals surface area contributed by atoms with Crippen molar-refractivity contribution >= 4 is 10.0 Å². The molecule has 0 bridgehead atoms. The van der Waals surface area contributed by atoms with Crippen LogP contribution in [0.15, 0.2) is 29.2 Å². The molecule has 0 aromatic heterocycles. The molecule has 2 aliphatic rings. The summed E-state index contributed by atoms with van der Waals surface area (Å²) in [6.45, 7) is 2.69. The van der Waals surface area contributed by atoms with Crippen LogP contribution < -0.4 is 0 Å². The normalized spacial score (nSPS) is 28.3. The average molecular weight is 279 g/mol. The van der Waals surface area contributed by atoms with Crippen LogP contribution in [0.4, 0.5) is 0 Å². The molecule has 1 aliphatic heterocycles. The molecule has 3 nitrogen and oxygen atoms in total. The number of sulfonamides is 1. The Hall–Kier alpha value is -0.870. The molecule has 1 unspecified atom stereocenters. The molecule has 0 spiro atoms. The van der Waals surface area contributed by atoms with E-state index >= 15 is 0 Å². The lowest BCUT2D eigenvalue weighted by atomic mass is 9.87. The van der Waals surface area contributed by atoms with Gasteiger partial charge in [-0.3, -0.25) is 0 Å². The van der Waals surface area contributed by atoms with Gasteiger partial charge in [-0.1, -0.05) is 37.0 Å². The first-order chi connectivity index (χ1) is 9.09. The Morgan fingerprint density at radius 1 is 1.05 bits per heavy atom. The van der Waals surface area contributed by atoms with Gasteiger partial charge in [0.05, 0.1) is 4.90 Å². The summed E-state index contributed by atoms with van der Waals surface area (Å²) in [7, 11) is -3.25. The van der Waals surface area contributed by atoms with Crippen LogP contribution in [0.1, 0.15) is 37.7 Å². The molecule has 104 valence electrons. The number of hydrogen-bond donors (Lipinski definition) is 0. The molecular formula is C15H21NO2S. The maximum absolute atomic E-state index is 12.5. The number of hydrogen-bond acceptors (Lipinski definition) is 2. The zero-order valence-electron chi connectivity index (χ0n) is 11.4. The molecule has 3 rings (SSSR count). The van der Waals surface area contributed by atoms with Gasteiger partial charge in [-0.25, -0.2) is 8.42 Å². The molecule has 1 aromatic carbocycles. The molecule has 0 N–H and O–H groups in total. The van der Waals surface area contributed by atoms with Gasteiger partial charge in [0.1, 0.15) is 0 Å². The highest BCUT2D eigenvalue weighted by Crippen LogP contribution is 2.39. The van der Waals surface area contributed by atoms with Crippen molar-refractivity contribution in [3.8, 4) is 0 Å². The van der Waals surface area contributed by atoms with Crippen LogP contribution in [0.2, 0.25) is 0 Å². The van der Waals surface area contributed by atoms with E-state index in [1.54, 1.807) is 16.4 Å². The third kappa shape index (κ3) is 2.56. The lowest BCUT2D eigenvalue weighted by molar-refractivity contribution is 0.336. The van der Waals surface area contributed by atoms with Crippen molar-refractivity contribution in [2.45, 2.75) is 50.0 Å². The van der Waals surface area contributed by atoms with Crippen molar-refractivity contribution in [3.05, 3.63) is 29.8 Å². The van der Waals surface area contributed by atoms with Crippen LogP contribution in [0.3, 0.4) is 0 Å². The lowest BCUT2D eigenvalue weighted by Crippen LogP contribution is -2.21. The van der Waals surface area contributed by atoms with Crippen molar-refractivity contribution in [1.29, 1.82) is 0 Å². The first-order valence-electron chi connectivity index (χ1n) is 7.17. The second kappa shape index (κ2) is 4.91. The number of nitrogens with zero attached hydrogens (tertiary/aromatic N) is 1. The predicted molar refractivity (Wildman–Crippen MR) is 75.4 cm³/mol. The fraction of sp³-hybridized carbons (Fsp3) is 0.600. The largest absolute Gasteiger partial charge is 0.243 e. The minimum Gasteiger partial charge on any atom is -0.207 e. The zero-order valence-corrected chi connectivity index (χ0v) is 12.2. The Morgan fingerprint density at radius 2 is 1.68 bits per heavy atom. The summed E-state index contributed by atoms with van der Waals surface area (Å²) in [5.41, 5.74) is 1.09. The van der Waals surface area contributed by atoms with E-state index in [0.29, 0.717) is 10.8 Å². The van der Waals surface area contributed by atoms with Crippen LogP contribution in [-0.2, 0) is 10.0 Å². The van der Waals surface area contributed by atoms with E-state index in [4.69, 9.17) is 0 Å². The Morgan fingerprint density at radius 3 is 2.32 bits per heavy atom. The topological polar surface area (TPSA) is 37.1 Å². The zero-order chi connectivity index (χ0) is 13.5. The first-order valence-corrected chi connectivity index (χ1v) is 8.61. The van der Waals surface area contributed by atoms with E-state index in [1.807, 2.05) is 19.1 Å². The fourth-order valence-corrected chi connectivity index (χ4v) is 4.79. The molecular weight excluding hydrogens is 258 g/mol. The summed E-state index contributed by atoms with van der Waals surface area (Å²) in [5, 5.41) is 0. The van der Waals surface area contributed by atoms with Crippen molar-refractivity contribution in [3.63, 3.8) is 0 Å². The van der Waals surface area contributed by atoms with Crippen molar-refractivity contribution < 1.29 is 8.42 Å². The number of aryl methyl sites for hydroxylation is 1. The molecule has 2 fully saturated rings. The minimum absolute atomic E-state index is 0.270. The third-order valence-electron chi connectivity index (χ3n) is 4.42. The van der Waals surface area contributed by atoms with Gasteiger partial charge in [0.15, 0.2) is 0 Å². The van der Waals surface area contributed by atoms with Crippen LogP contribution in [0, 0.1) is 12.8 Å². The summed E-state index contributed by atoms with van der Waals surface area (Å²) < 4.78 is 26.7. The average Bonchev–Trinajstić information content (AvgIpc) is 3.21. The van der Waals surface area contributed by atoms with E-state index in [9.17, 15) is 8.42 Å². The smallest absolute Gasteiger partial charge is 0.207 e. The van der Waals surface area contributed by atoms with E-state index in [-0.39, 0.29) is 6.04 Å². The number of benzene rings is 1. The molecule has 19 heavy (non-hydrogen) atoms. The minimum atomic E-state index is -3.25. The summed E-state index contributed by atoms with van der Waals surface area (Å²) >= 11 is 0. The van der Waals surface area contributed by atoms with Gasteiger partial charge in [-0.2, -0.15) is 4.31 Å². The number of rotatable bonds is 3. The predicted octanol–water partition coefficient (Wildman–Crippen LogP) is 2.95. The van der Waals surface area contributed by atoms with E-state index in [2.05, 4.69) is 0 Å². The van der Waals surface area contributed by atoms with Gasteiger partial charge in [0.25, 0.3) is 0 Å². The van der Waals surface area contributed by atoms with Crippen LogP contribution >= 0.6 is 0 Å². The van der Waals surface area contributed by atoms with Crippen molar-refractivity contribution in [2.75, 3.05) is 6.54 Å². The van der Waals surface area contributed by atoms with Crippen molar-refractivity contribution in [2.24, 2.45) is 5.92 Å². The Kier molecular flexibility index (Phi) is 3.39. The van der Waals surface area contributed by atoms with Gasteiger partial charge in [-0.05, 0) is 37.8 Å². The monoisotopic (exact) mass is 279 g/mol. The fourth-order valence-electron chi connectivity index (χ4n) is 3.16. The van der Waals surface area contributed by atoms with Gasteiger partial charge in [-0.15, -0.1) is 0 Å². The van der Waals surface area contributed by atoms with Gasteiger partial charge < -0.3 is 0 Å². The molecule has 1 aromatic rings. The maximum Gasteiger partial charge on any atom is 0.243 e. The highest BCUT2D eigenvalue weighted by molar-refractivity contribution is 7.89. The summed E-state index contributed by atoms with van der Waals surface area (Å²) in [6.07, 6.45) is 6.24. The highest BCUT2D eigenvalue weighted by Gasteiger charge is 2.48. The molecule has 1 heterocycles. The molecule has 2 atom stereocenters. The van der Waals surface area contributed by atoms with Gasteiger partial charge >= 0.3 is 0 Å². The van der Waals surface area contributed by atoms with Crippen molar-refractivity contribution in [1.82, 2.24) is 4.31 Å². The first kappa shape index (κ1) is 13.1. The molecule has 4 heteroatoms. The maximum atomic E-state index is 12.5. The lowest BCUT2D eigenvalue weighted by Gasteiger charge is -2.21. The summed E-state index contributed by atoms with van der Waals surface area (Å²) in [6, 6.07) is 7.45. The van der Waals surface area contributed by atoms with Crippen LogP contribution in [-0.4, -0.2) is 25.3 Å². The third-order valence-corrected chi connectivity index (χ3v) is 6.33. The van der Waals surface area contributed by atoms with E-state index < -0.39 is 10.0 Å². The Labute approximate surface area is 115 Å². The molecule has 1 aliphatic carbocycles. The van der Waals surface area contributed by atoms with Crippen LogP contribution in [0.5, 0.6) is 0 Å². The Balaban J connectivity index is 1.74. The standard InChI is InChI=1S/C15H21NO2S/c1-12-7-9-14(10-8-12)19(17,18)16-11-15(16)13-5-3-2-4-6-13/h7-10,13,15H,2-6,11H2,1H3/t15-,16?/m0/s1. The summed E-state index contributed by atoms with van der Waals surface area (Å²) in [5.74, 6) is 0.592. The summed E-state index contributed by atoms with van der Waals surface area (Å²) in [4.78, 5) is 0.441. The van der Waals surface area contributed by atoms with E-state index in [0.717, 1.165) is 12.1 Å². The van der Waals surface area contributed by atoms with Gasteiger partial charge in [0.2, 0.25) is 10.0 Å². The van der Waals surface area contributed by atoms with Gasteiger partial charge in [0, 0.05) is 12.6 Å².